The number of benzene rings is 1. The minimum atomic E-state index is 0.567. The summed E-state index contributed by atoms with van der Waals surface area (Å²) in [6.07, 6.45) is 5.68. The predicted octanol–water partition coefficient (Wildman–Crippen LogP) is 5.24. The van der Waals surface area contributed by atoms with Crippen molar-refractivity contribution in [2.75, 3.05) is 11.9 Å². The van der Waals surface area contributed by atoms with Crippen LogP contribution < -0.4 is 5.32 Å². The maximum absolute atomic E-state index is 6.35. The molecular weight excluding hydrogens is 291 g/mol. The molecule has 0 atom stereocenters. The van der Waals surface area contributed by atoms with E-state index in [9.17, 15) is 0 Å². The summed E-state index contributed by atoms with van der Waals surface area (Å²) in [5.41, 5.74) is 4.60. The van der Waals surface area contributed by atoms with Gasteiger partial charge in [-0.25, -0.2) is 0 Å². The van der Waals surface area contributed by atoms with E-state index in [1.165, 1.54) is 29.8 Å². The van der Waals surface area contributed by atoms with Gasteiger partial charge in [-0.1, -0.05) is 30.1 Å². The van der Waals surface area contributed by atoms with Gasteiger partial charge in [0.1, 0.15) is 0 Å². The molecule has 106 valence electrons. The summed E-state index contributed by atoms with van der Waals surface area (Å²) in [6.45, 7) is 3.14. The van der Waals surface area contributed by atoms with Crippen LogP contribution in [0.2, 0.25) is 10.0 Å². The molecule has 2 aromatic rings. The molecule has 0 amide bonds. The van der Waals surface area contributed by atoms with Crippen LogP contribution in [0.1, 0.15) is 37.4 Å². The second-order valence-corrected chi connectivity index (χ2v) is 6.09. The fourth-order valence-corrected chi connectivity index (χ4v) is 3.24. The predicted molar refractivity (Wildman–Crippen MR) is 87.2 cm³/mol. The Balaban J connectivity index is 2.27. The summed E-state index contributed by atoms with van der Waals surface area (Å²) < 4.78 is 0. The van der Waals surface area contributed by atoms with Crippen LogP contribution in [0.5, 0.6) is 0 Å². The molecule has 0 saturated carbocycles. The molecule has 1 aliphatic carbocycles. The van der Waals surface area contributed by atoms with E-state index in [4.69, 9.17) is 28.2 Å². The van der Waals surface area contributed by atoms with Crippen molar-refractivity contribution in [1.82, 2.24) is 4.98 Å². The summed E-state index contributed by atoms with van der Waals surface area (Å²) in [4.78, 5) is 4.79. The number of fused-ring (bicyclic) bond motifs is 2. The van der Waals surface area contributed by atoms with E-state index in [2.05, 4.69) is 12.2 Å². The number of hydrogen-bond acceptors (Lipinski definition) is 2. The topological polar surface area (TPSA) is 24.9 Å². The number of nitrogens with one attached hydrogen (secondary N) is 1. The highest BCUT2D eigenvalue weighted by Gasteiger charge is 2.19. The minimum absolute atomic E-state index is 0.567. The molecule has 2 nitrogen and oxygen atoms in total. The van der Waals surface area contributed by atoms with Crippen molar-refractivity contribution in [3.8, 4) is 0 Å². The molecule has 0 spiro atoms. The average molecular weight is 309 g/mol. The number of nitrogens with zero attached hydrogens (tertiary/aromatic N) is 1. The molecule has 3 rings (SSSR count). The van der Waals surface area contributed by atoms with E-state index in [1.807, 2.05) is 12.1 Å². The molecule has 1 aromatic carbocycles. The maximum atomic E-state index is 6.35. The fourth-order valence-electron chi connectivity index (χ4n) is 2.88. The van der Waals surface area contributed by atoms with Gasteiger partial charge in [0.2, 0.25) is 0 Å². The van der Waals surface area contributed by atoms with Crippen molar-refractivity contribution in [2.45, 2.75) is 39.0 Å². The monoisotopic (exact) mass is 308 g/mol. The van der Waals surface area contributed by atoms with Crippen LogP contribution in [0.25, 0.3) is 10.9 Å². The largest absolute Gasteiger partial charge is 0.384 e. The molecular formula is C16H18Cl2N2. The van der Waals surface area contributed by atoms with Gasteiger partial charge in [-0.05, 0) is 49.8 Å². The molecule has 1 heterocycles. The lowest BCUT2D eigenvalue weighted by molar-refractivity contribution is 0.672. The van der Waals surface area contributed by atoms with Crippen molar-refractivity contribution in [1.29, 1.82) is 0 Å². The molecule has 1 N–H and O–H groups in total. The molecule has 0 fully saturated rings. The Morgan fingerprint density at radius 3 is 2.80 bits per heavy atom. The summed E-state index contributed by atoms with van der Waals surface area (Å²) in [5.74, 6) is 0. The van der Waals surface area contributed by atoms with E-state index in [-0.39, 0.29) is 0 Å². The lowest BCUT2D eigenvalue weighted by Gasteiger charge is -2.22. The second-order valence-electron chi connectivity index (χ2n) is 5.30. The van der Waals surface area contributed by atoms with Gasteiger partial charge in [0.05, 0.1) is 15.6 Å². The standard InChI is InChI=1S/C16H18Cl2N2/c1-2-9-19-15-10-5-3-4-6-13(10)20-16-11(15)7-8-12(17)14(16)18/h7-8H,2-6,9H2,1H3,(H,19,20). The highest BCUT2D eigenvalue weighted by molar-refractivity contribution is 6.45. The Kier molecular flexibility index (Phi) is 4.04. The molecule has 1 aromatic heterocycles. The number of hydrogen-bond donors (Lipinski definition) is 1. The van der Waals surface area contributed by atoms with Gasteiger partial charge in [-0.2, -0.15) is 0 Å². The van der Waals surface area contributed by atoms with Gasteiger partial charge < -0.3 is 5.32 Å². The summed E-state index contributed by atoms with van der Waals surface area (Å²) in [5, 5.41) is 5.80. The SMILES string of the molecule is CCCNc1c2c(nc3c(Cl)c(Cl)ccc13)CCCC2. The Morgan fingerprint density at radius 1 is 1.20 bits per heavy atom. The third kappa shape index (κ3) is 2.36. The lowest BCUT2D eigenvalue weighted by Crippen LogP contribution is -2.12. The second kappa shape index (κ2) is 5.79. The van der Waals surface area contributed by atoms with Crippen molar-refractivity contribution in [2.24, 2.45) is 0 Å². The third-order valence-corrected chi connectivity index (χ3v) is 4.67. The van der Waals surface area contributed by atoms with Gasteiger partial charge in [0.25, 0.3) is 0 Å². The fraction of sp³-hybridized carbons (Fsp3) is 0.438. The summed E-state index contributed by atoms with van der Waals surface area (Å²) >= 11 is 12.5. The number of rotatable bonds is 3. The third-order valence-electron chi connectivity index (χ3n) is 3.88. The van der Waals surface area contributed by atoms with Crippen molar-refractivity contribution in [3.63, 3.8) is 0 Å². The zero-order chi connectivity index (χ0) is 14.1. The van der Waals surface area contributed by atoms with E-state index in [1.54, 1.807) is 0 Å². The van der Waals surface area contributed by atoms with Crippen LogP contribution in [-0.2, 0) is 12.8 Å². The smallest absolute Gasteiger partial charge is 0.0927 e. The van der Waals surface area contributed by atoms with Crippen LogP contribution in [0, 0.1) is 0 Å². The van der Waals surface area contributed by atoms with Gasteiger partial charge >= 0.3 is 0 Å². The molecule has 0 bridgehead atoms. The Bertz CT molecular complexity index is 653. The molecule has 0 radical (unpaired) electrons. The molecule has 0 saturated heterocycles. The zero-order valence-corrected chi connectivity index (χ0v) is 13.1. The first kappa shape index (κ1) is 14.0. The zero-order valence-electron chi connectivity index (χ0n) is 11.6. The van der Waals surface area contributed by atoms with Gasteiger partial charge in [-0.3, -0.25) is 4.98 Å². The van der Waals surface area contributed by atoms with Gasteiger partial charge in [-0.15, -0.1) is 0 Å². The highest BCUT2D eigenvalue weighted by Crippen LogP contribution is 2.38. The molecule has 1 aliphatic rings. The maximum Gasteiger partial charge on any atom is 0.0927 e. The Morgan fingerprint density at radius 2 is 2.00 bits per heavy atom. The lowest BCUT2D eigenvalue weighted by atomic mass is 9.92. The van der Waals surface area contributed by atoms with Crippen molar-refractivity contribution in [3.05, 3.63) is 33.4 Å². The minimum Gasteiger partial charge on any atom is -0.384 e. The van der Waals surface area contributed by atoms with E-state index < -0.39 is 0 Å². The number of aromatic nitrogens is 1. The van der Waals surface area contributed by atoms with Crippen molar-refractivity contribution < 1.29 is 0 Å². The van der Waals surface area contributed by atoms with Crippen LogP contribution in [0.3, 0.4) is 0 Å². The molecule has 0 aliphatic heterocycles. The molecule has 20 heavy (non-hydrogen) atoms. The van der Waals surface area contributed by atoms with E-state index in [0.717, 1.165) is 36.7 Å². The van der Waals surface area contributed by atoms with Crippen LogP contribution in [-0.4, -0.2) is 11.5 Å². The average Bonchev–Trinajstić information content (AvgIpc) is 2.48. The number of aryl methyl sites for hydroxylation is 1. The van der Waals surface area contributed by atoms with Gasteiger partial charge in [0.15, 0.2) is 0 Å². The summed E-state index contributed by atoms with van der Waals surface area (Å²) in [6, 6.07) is 3.89. The van der Waals surface area contributed by atoms with Crippen LogP contribution in [0.15, 0.2) is 12.1 Å². The molecule has 4 heteroatoms. The number of halogens is 2. The Labute approximate surface area is 129 Å². The first-order chi connectivity index (χ1) is 9.72. The van der Waals surface area contributed by atoms with Crippen LogP contribution in [0.4, 0.5) is 5.69 Å². The number of anilines is 1. The molecule has 0 unspecified atom stereocenters. The van der Waals surface area contributed by atoms with E-state index in [0.29, 0.717) is 10.0 Å². The summed E-state index contributed by atoms with van der Waals surface area (Å²) in [7, 11) is 0. The van der Waals surface area contributed by atoms with Gasteiger partial charge in [0, 0.05) is 23.3 Å². The van der Waals surface area contributed by atoms with Crippen molar-refractivity contribution >= 4 is 39.8 Å². The normalized spacial score (nSPS) is 14.3. The van der Waals surface area contributed by atoms with Crippen LogP contribution >= 0.6 is 23.2 Å². The Hall–Kier alpha value is -0.990. The quantitative estimate of drug-likeness (QED) is 0.838. The first-order valence-electron chi connectivity index (χ1n) is 7.25. The first-order valence-corrected chi connectivity index (χ1v) is 8.01. The number of pyridine rings is 1. The highest BCUT2D eigenvalue weighted by atomic mass is 35.5. The van der Waals surface area contributed by atoms with E-state index >= 15 is 0 Å².